The van der Waals surface area contributed by atoms with Gasteiger partial charge in [0.15, 0.2) is 0 Å². The van der Waals surface area contributed by atoms with Crippen molar-refractivity contribution in [3.63, 3.8) is 0 Å². The minimum atomic E-state index is -0.358. The van der Waals surface area contributed by atoms with Gasteiger partial charge in [-0.2, -0.15) is 0 Å². The number of carbonyl (C=O) groups is 2. The molecule has 1 rings (SSSR count). The Balaban J connectivity index is 2.34. The third-order valence-electron chi connectivity index (χ3n) is 1.47. The van der Waals surface area contributed by atoms with Crippen LogP contribution in [0.5, 0.6) is 0 Å². The van der Waals surface area contributed by atoms with E-state index in [2.05, 4.69) is 16.5 Å². The molecule has 4 nitrogen and oxygen atoms in total. The van der Waals surface area contributed by atoms with Crippen LogP contribution in [-0.2, 0) is 4.79 Å². The van der Waals surface area contributed by atoms with E-state index in [1.54, 1.807) is 0 Å². The van der Waals surface area contributed by atoms with E-state index in [-0.39, 0.29) is 18.0 Å². The molecule has 0 spiro atoms. The van der Waals surface area contributed by atoms with Crippen LogP contribution in [0.25, 0.3) is 0 Å². The number of rotatable bonds is 3. The van der Waals surface area contributed by atoms with Gasteiger partial charge >= 0.3 is 70.7 Å². The molecule has 1 saturated heterocycles. The van der Waals surface area contributed by atoms with Crippen molar-refractivity contribution in [2.24, 2.45) is 0 Å². The molecule has 1 heterocycles. The van der Waals surface area contributed by atoms with Gasteiger partial charge in [-0.3, -0.25) is 0 Å². The van der Waals surface area contributed by atoms with Crippen molar-refractivity contribution in [3.05, 3.63) is 0 Å². The summed E-state index contributed by atoms with van der Waals surface area (Å²) in [6.07, 6.45) is 0.772. The molecule has 0 aromatic heterocycles. The van der Waals surface area contributed by atoms with Gasteiger partial charge in [-0.25, -0.2) is 0 Å². The average Bonchev–Trinajstić information content (AvgIpc) is 2.26. The first kappa shape index (κ1) is 8.56. The summed E-state index contributed by atoms with van der Waals surface area (Å²) in [5.41, 5.74) is 0. The molecular formula is C6H10N2O2Se. The zero-order chi connectivity index (χ0) is 8.27. The first-order chi connectivity index (χ1) is 5.24. The van der Waals surface area contributed by atoms with Crippen molar-refractivity contribution in [1.82, 2.24) is 10.6 Å². The Kier molecular flexibility index (Phi) is 2.91. The molecule has 2 N–H and O–H groups in total. The van der Waals surface area contributed by atoms with Crippen LogP contribution in [0.2, 0.25) is 11.1 Å². The summed E-state index contributed by atoms with van der Waals surface area (Å²) < 4.78 is 0. The maximum absolute atomic E-state index is 10.9. The molecule has 0 unspecified atom stereocenters. The summed E-state index contributed by atoms with van der Waals surface area (Å²) in [6.45, 7) is 0. The van der Waals surface area contributed by atoms with Gasteiger partial charge in [0, 0.05) is 0 Å². The van der Waals surface area contributed by atoms with Crippen LogP contribution in [0.15, 0.2) is 0 Å². The number of hydrogen-bond donors (Lipinski definition) is 2. The molecule has 11 heavy (non-hydrogen) atoms. The van der Waals surface area contributed by atoms with E-state index in [0.29, 0.717) is 15.0 Å². The fourth-order valence-electron chi connectivity index (χ4n) is 0.898. The standard InChI is InChI=1S/C6H10N2O2Se/c1-11-3-2-4-5(9)8-6(10)7-4/h4H,2-3H2,1H3,(H2,7,8,9,10)/t4-/m0/s1. The van der Waals surface area contributed by atoms with Gasteiger partial charge in [0.2, 0.25) is 0 Å². The number of carbonyl (C=O) groups excluding carboxylic acids is 2. The third-order valence-corrected chi connectivity index (χ3v) is 2.82. The second-order valence-electron chi connectivity index (χ2n) is 2.30. The number of nitrogens with one attached hydrogen (secondary N) is 2. The predicted octanol–water partition coefficient (Wildman–Crippen LogP) is -0.245. The quantitative estimate of drug-likeness (QED) is 0.510. The molecule has 0 radical (unpaired) electrons. The molecule has 62 valence electrons. The van der Waals surface area contributed by atoms with Crippen molar-refractivity contribution >= 4 is 26.9 Å². The van der Waals surface area contributed by atoms with Crippen molar-refractivity contribution in [2.75, 3.05) is 0 Å². The van der Waals surface area contributed by atoms with Crippen molar-refractivity contribution in [1.29, 1.82) is 0 Å². The van der Waals surface area contributed by atoms with Crippen LogP contribution < -0.4 is 10.6 Å². The summed E-state index contributed by atoms with van der Waals surface area (Å²) in [5, 5.41) is 5.78. The van der Waals surface area contributed by atoms with Crippen LogP contribution in [0.1, 0.15) is 6.42 Å². The number of hydrogen-bond acceptors (Lipinski definition) is 2. The summed E-state index contributed by atoms with van der Waals surface area (Å²) in [5.74, 6) is 1.93. The molecule has 0 aromatic rings. The first-order valence-electron chi connectivity index (χ1n) is 3.34. The average molecular weight is 221 g/mol. The predicted molar refractivity (Wildman–Crippen MR) is 41.5 cm³/mol. The molecule has 0 aliphatic carbocycles. The van der Waals surface area contributed by atoms with E-state index in [4.69, 9.17) is 0 Å². The van der Waals surface area contributed by atoms with E-state index in [9.17, 15) is 9.59 Å². The van der Waals surface area contributed by atoms with E-state index in [1.807, 2.05) is 0 Å². The van der Waals surface area contributed by atoms with Crippen LogP contribution in [0, 0.1) is 0 Å². The van der Waals surface area contributed by atoms with E-state index < -0.39 is 0 Å². The zero-order valence-corrected chi connectivity index (χ0v) is 7.93. The first-order valence-corrected chi connectivity index (χ1v) is 6.27. The molecule has 3 amide bonds. The summed E-state index contributed by atoms with van der Waals surface area (Å²) in [4.78, 5) is 21.5. The topological polar surface area (TPSA) is 58.2 Å². The number of amides is 3. The molecule has 0 bridgehead atoms. The SMILES string of the molecule is C[Se]CC[C@@H]1NC(=O)NC1=O. The molecule has 1 aliphatic heterocycles. The molecule has 1 aliphatic rings. The second kappa shape index (κ2) is 3.74. The van der Waals surface area contributed by atoms with Crippen LogP contribution in [-0.4, -0.2) is 32.9 Å². The van der Waals surface area contributed by atoms with E-state index in [0.717, 1.165) is 11.7 Å². The third kappa shape index (κ3) is 2.20. The second-order valence-corrected chi connectivity index (χ2v) is 4.36. The Bertz CT molecular complexity index is 183. The Morgan fingerprint density at radius 2 is 2.27 bits per heavy atom. The van der Waals surface area contributed by atoms with Crippen LogP contribution in [0.3, 0.4) is 0 Å². The number of imide groups is 1. The van der Waals surface area contributed by atoms with Gasteiger partial charge in [0.05, 0.1) is 0 Å². The summed E-state index contributed by atoms with van der Waals surface area (Å²) >= 11 is 0.577. The Hall–Kier alpha value is -0.541. The zero-order valence-electron chi connectivity index (χ0n) is 6.22. The monoisotopic (exact) mass is 222 g/mol. The summed E-state index contributed by atoms with van der Waals surface area (Å²) in [6, 6.07) is -0.632. The van der Waals surface area contributed by atoms with E-state index >= 15 is 0 Å². The van der Waals surface area contributed by atoms with Crippen molar-refractivity contribution in [3.8, 4) is 0 Å². The van der Waals surface area contributed by atoms with Gasteiger partial charge in [-0.05, 0) is 0 Å². The van der Waals surface area contributed by atoms with Crippen LogP contribution >= 0.6 is 0 Å². The van der Waals surface area contributed by atoms with Gasteiger partial charge < -0.3 is 0 Å². The van der Waals surface area contributed by atoms with Gasteiger partial charge in [-0.15, -0.1) is 0 Å². The van der Waals surface area contributed by atoms with Gasteiger partial charge in [0.1, 0.15) is 0 Å². The van der Waals surface area contributed by atoms with Crippen molar-refractivity contribution in [2.45, 2.75) is 23.6 Å². The summed E-state index contributed by atoms with van der Waals surface area (Å²) in [7, 11) is 0. The van der Waals surface area contributed by atoms with Gasteiger partial charge in [0.25, 0.3) is 0 Å². The minimum absolute atomic E-state index is 0.181. The maximum atomic E-state index is 10.9. The molecule has 1 fully saturated rings. The van der Waals surface area contributed by atoms with Gasteiger partial charge in [-0.1, -0.05) is 0 Å². The number of urea groups is 1. The Labute approximate surface area is 71.3 Å². The van der Waals surface area contributed by atoms with E-state index in [1.165, 1.54) is 0 Å². The Morgan fingerprint density at radius 1 is 1.55 bits per heavy atom. The Morgan fingerprint density at radius 3 is 2.73 bits per heavy atom. The molecular weight excluding hydrogens is 211 g/mol. The molecule has 1 atom stereocenters. The van der Waals surface area contributed by atoms with Crippen molar-refractivity contribution < 1.29 is 9.59 Å². The molecule has 0 saturated carbocycles. The van der Waals surface area contributed by atoms with Crippen LogP contribution in [0.4, 0.5) is 4.79 Å². The molecule has 5 heteroatoms. The molecule has 0 aromatic carbocycles. The normalized spacial score (nSPS) is 23.2. The fraction of sp³-hybridized carbons (Fsp3) is 0.667. The fourth-order valence-corrected chi connectivity index (χ4v) is 1.89.